The fraction of sp³-hybridized carbons (Fsp3) is 0.211. The van der Waals surface area contributed by atoms with E-state index in [0.29, 0.717) is 18.8 Å². The number of aromatic nitrogens is 1. The molecule has 0 fully saturated rings. The molecule has 2 aromatic carbocycles. The average Bonchev–Trinajstić information content (AvgIpc) is 3.04. The third-order valence-corrected chi connectivity index (χ3v) is 3.47. The maximum atomic E-state index is 13.0. The Bertz CT molecular complexity index is 827. The van der Waals surface area contributed by atoms with Gasteiger partial charge in [-0.15, -0.1) is 0 Å². The van der Waals surface area contributed by atoms with E-state index in [0.717, 1.165) is 28.6 Å². The molecule has 0 atom stereocenters. The van der Waals surface area contributed by atoms with Crippen LogP contribution in [-0.4, -0.2) is 30.5 Å². The van der Waals surface area contributed by atoms with Crippen LogP contribution in [0.4, 0.5) is 4.39 Å². The van der Waals surface area contributed by atoms with Crippen molar-refractivity contribution in [1.29, 1.82) is 0 Å². The van der Waals surface area contributed by atoms with Gasteiger partial charge in [0.2, 0.25) is 0 Å². The first-order valence-corrected chi connectivity index (χ1v) is 8.16. The molecular weight excluding hydrogens is 319 g/mol. The minimum atomic E-state index is -0.261. The average molecular weight is 342 g/mol. The quantitative estimate of drug-likeness (QED) is 0.587. The van der Waals surface area contributed by atoms with Crippen LogP contribution in [0.2, 0.25) is 0 Å². The summed E-state index contributed by atoms with van der Waals surface area (Å²) in [7, 11) is 0. The largest absolute Gasteiger partial charge is 0.351 e. The molecule has 0 saturated heterocycles. The van der Waals surface area contributed by atoms with Crippen molar-refractivity contribution in [3.05, 3.63) is 60.0 Å². The van der Waals surface area contributed by atoms with Gasteiger partial charge in [0.25, 0.3) is 5.91 Å². The van der Waals surface area contributed by atoms with Gasteiger partial charge >= 0.3 is 0 Å². The Morgan fingerprint density at radius 3 is 2.36 bits per heavy atom. The molecule has 25 heavy (non-hydrogen) atoms. The fourth-order valence-corrected chi connectivity index (χ4v) is 2.35. The maximum Gasteiger partial charge on any atom is 0.267 e. The van der Waals surface area contributed by atoms with Gasteiger partial charge in [0, 0.05) is 24.0 Å². The molecule has 0 aliphatic rings. The summed E-state index contributed by atoms with van der Waals surface area (Å²) in [4.78, 5) is 15.0. The van der Waals surface area contributed by atoms with E-state index in [-0.39, 0.29) is 11.7 Å². The molecule has 1 aromatic heterocycles. The standard InChI is InChI=1S/C17H16FN3O.C2H7N/c18-14-5-3-11(4-6-14)12-1-2-13-10-16(21-15(13)9-12)17(22)20-8-7-19;1-2-3/h1-6,9-10,21H,7-8,19H2,(H,20,22);2-3H2,1H3. The number of halogens is 1. The van der Waals surface area contributed by atoms with Crippen LogP contribution >= 0.6 is 0 Å². The zero-order valence-electron chi connectivity index (χ0n) is 14.2. The third kappa shape index (κ3) is 4.89. The van der Waals surface area contributed by atoms with Crippen LogP contribution in [0.3, 0.4) is 0 Å². The summed E-state index contributed by atoms with van der Waals surface area (Å²) in [5.41, 5.74) is 13.5. The Balaban J connectivity index is 0.000000701. The number of benzene rings is 2. The summed E-state index contributed by atoms with van der Waals surface area (Å²) in [5, 5.41) is 3.67. The number of rotatable bonds is 4. The molecule has 0 spiro atoms. The van der Waals surface area contributed by atoms with Gasteiger partial charge < -0.3 is 21.8 Å². The molecule has 5 nitrogen and oxygen atoms in total. The fourth-order valence-electron chi connectivity index (χ4n) is 2.35. The van der Waals surface area contributed by atoms with Gasteiger partial charge in [0.1, 0.15) is 11.5 Å². The van der Waals surface area contributed by atoms with Gasteiger partial charge in [0.05, 0.1) is 0 Å². The highest BCUT2D eigenvalue weighted by Gasteiger charge is 2.09. The van der Waals surface area contributed by atoms with Gasteiger partial charge in [0.15, 0.2) is 0 Å². The summed E-state index contributed by atoms with van der Waals surface area (Å²) < 4.78 is 13.0. The lowest BCUT2D eigenvalue weighted by atomic mass is 10.0. The summed E-state index contributed by atoms with van der Waals surface area (Å²) in [6.07, 6.45) is 0. The highest BCUT2D eigenvalue weighted by atomic mass is 19.1. The molecule has 3 aromatic rings. The molecule has 0 aliphatic carbocycles. The first kappa shape index (κ1) is 18.6. The summed E-state index contributed by atoms with van der Waals surface area (Å²) >= 11 is 0. The molecule has 0 saturated carbocycles. The molecule has 0 aliphatic heterocycles. The summed E-state index contributed by atoms with van der Waals surface area (Å²) in [6, 6.07) is 14.0. The van der Waals surface area contributed by atoms with Crippen molar-refractivity contribution in [1.82, 2.24) is 10.3 Å². The summed E-state index contributed by atoms with van der Waals surface area (Å²) in [5.74, 6) is -0.437. The molecule has 1 heterocycles. The molecular formula is C19H23FN4O. The number of hydrogen-bond donors (Lipinski definition) is 4. The minimum absolute atomic E-state index is 0.176. The number of aromatic amines is 1. The zero-order chi connectivity index (χ0) is 18.2. The Kier molecular flexibility index (Phi) is 6.68. The van der Waals surface area contributed by atoms with Crippen LogP contribution in [0.15, 0.2) is 48.5 Å². The molecule has 132 valence electrons. The lowest BCUT2D eigenvalue weighted by Crippen LogP contribution is -2.29. The lowest BCUT2D eigenvalue weighted by molar-refractivity contribution is 0.0950. The molecule has 0 radical (unpaired) electrons. The SMILES string of the molecule is CCN.NCCNC(=O)c1cc2ccc(-c3ccc(F)cc3)cc2[nH]1. The molecule has 3 rings (SSSR count). The van der Waals surface area contributed by atoms with Gasteiger partial charge in [-0.05, 0) is 41.9 Å². The second-order valence-corrected chi connectivity index (χ2v) is 5.44. The van der Waals surface area contributed by atoms with Crippen molar-refractivity contribution in [2.75, 3.05) is 19.6 Å². The van der Waals surface area contributed by atoms with E-state index < -0.39 is 0 Å². The first-order valence-electron chi connectivity index (χ1n) is 8.16. The number of nitrogens with one attached hydrogen (secondary N) is 2. The first-order chi connectivity index (χ1) is 12.1. The number of carbonyl (C=O) groups excluding carboxylic acids is 1. The molecule has 0 unspecified atom stereocenters. The van der Waals surface area contributed by atoms with Gasteiger partial charge in [-0.3, -0.25) is 4.79 Å². The Morgan fingerprint density at radius 2 is 1.72 bits per heavy atom. The Morgan fingerprint density at radius 1 is 1.08 bits per heavy atom. The Hall–Kier alpha value is -2.70. The Labute approximate surface area is 146 Å². The number of amides is 1. The predicted molar refractivity (Wildman–Crippen MR) is 99.8 cm³/mol. The topological polar surface area (TPSA) is 96.9 Å². The lowest BCUT2D eigenvalue weighted by Gasteiger charge is -2.02. The van der Waals surface area contributed by atoms with Gasteiger partial charge in [-0.25, -0.2) is 4.39 Å². The van der Waals surface area contributed by atoms with E-state index in [1.54, 1.807) is 18.2 Å². The second-order valence-electron chi connectivity index (χ2n) is 5.44. The van der Waals surface area contributed by atoms with E-state index in [1.165, 1.54) is 12.1 Å². The van der Waals surface area contributed by atoms with Crippen LogP contribution in [-0.2, 0) is 0 Å². The molecule has 0 bridgehead atoms. The number of fused-ring (bicyclic) bond motifs is 1. The number of H-pyrrole nitrogens is 1. The maximum absolute atomic E-state index is 13.0. The van der Waals surface area contributed by atoms with E-state index in [9.17, 15) is 9.18 Å². The van der Waals surface area contributed by atoms with Crippen LogP contribution in [0.25, 0.3) is 22.0 Å². The van der Waals surface area contributed by atoms with Crippen LogP contribution < -0.4 is 16.8 Å². The van der Waals surface area contributed by atoms with Crippen LogP contribution in [0.1, 0.15) is 17.4 Å². The van der Waals surface area contributed by atoms with Crippen LogP contribution in [0, 0.1) is 5.82 Å². The smallest absolute Gasteiger partial charge is 0.267 e. The van der Waals surface area contributed by atoms with Gasteiger partial charge in [-0.2, -0.15) is 0 Å². The van der Waals surface area contributed by atoms with Crippen molar-refractivity contribution >= 4 is 16.8 Å². The minimum Gasteiger partial charge on any atom is -0.351 e. The highest BCUT2D eigenvalue weighted by Crippen LogP contribution is 2.25. The van der Waals surface area contributed by atoms with E-state index in [2.05, 4.69) is 10.3 Å². The number of carbonyl (C=O) groups is 1. The summed E-state index contributed by atoms with van der Waals surface area (Å²) in [6.45, 7) is 3.50. The predicted octanol–water partition coefficient (Wildman–Crippen LogP) is 2.63. The van der Waals surface area contributed by atoms with Crippen molar-refractivity contribution in [2.24, 2.45) is 11.5 Å². The van der Waals surface area contributed by atoms with Crippen molar-refractivity contribution in [2.45, 2.75) is 6.92 Å². The highest BCUT2D eigenvalue weighted by molar-refractivity contribution is 5.98. The molecule has 1 amide bonds. The van der Waals surface area contributed by atoms with Gasteiger partial charge in [-0.1, -0.05) is 31.2 Å². The van der Waals surface area contributed by atoms with Crippen molar-refractivity contribution < 1.29 is 9.18 Å². The second kappa shape index (κ2) is 8.96. The number of hydrogen-bond acceptors (Lipinski definition) is 3. The van der Waals surface area contributed by atoms with Crippen molar-refractivity contribution in [3.8, 4) is 11.1 Å². The van der Waals surface area contributed by atoms with E-state index in [1.807, 2.05) is 25.1 Å². The third-order valence-electron chi connectivity index (χ3n) is 3.47. The zero-order valence-corrected chi connectivity index (χ0v) is 14.2. The van der Waals surface area contributed by atoms with Crippen molar-refractivity contribution in [3.63, 3.8) is 0 Å². The van der Waals surface area contributed by atoms with Crippen LogP contribution in [0.5, 0.6) is 0 Å². The normalized spacial score (nSPS) is 10.2. The molecule has 6 heteroatoms. The molecule has 6 N–H and O–H groups in total. The van der Waals surface area contributed by atoms with E-state index in [4.69, 9.17) is 11.5 Å². The number of nitrogens with two attached hydrogens (primary N) is 2. The monoisotopic (exact) mass is 342 g/mol. The van der Waals surface area contributed by atoms with E-state index >= 15 is 0 Å².